The van der Waals surface area contributed by atoms with E-state index in [9.17, 15) is 4.79 Å². The van der Waals surface area contributed by atoms with Gasteiger partial charge in [-0.15, -0.1) is 0 Å². The Morgan fingerprint density at radius 1 is 1.23 bits per heavy atom. The number of aromatic nitrogens is 2. The van der Waals surface area contributed by atoms with Gasteiger partial charge in [-0.05, 0) is 30.7 Å². The summed E-state index contributed by atoms with van der Waals surface area (Å²) in [7, 11) is 0. The van der Waals surface area contributed by atoms with Crippen molar-refractivity contribution in [3.63, 3.8) is 0 Å². The van der Waals surface area contributed by atoms with Gasteiger partial charge >= 0.3 is 0 Å². The monoisotopic (exact) mass is 297 g/mol. The molecule has 3 rings (SSSR count). The minimum Gasteiger partial charge on any atom is -0.467 e. The number of carbonyl (C=O) groups is 1. The largest absolute Gasteiger partial charge is 0.467 e. The molecule has 0 atom stereocenters. The van der Waals surface area contributed by atoms with Crippen molar-refractivity contribution in [1.82, 2.24) is 15.5 Å². The van der Waals surface area contributed by atoms with E-state index < -0.39 is 0 Å². The third-order valence-electron chi connectivity index (χ3n) is 3.20. The lowest BCUT2D eigenvalue weighted by Gasteiger charge is -2.00. The first-order chi connectivity index (χ1) is 10.7. The molecule has 112 valence electrons. The zero-order valence-electron chi connectivity index (χ0n) is 12.1. The molecule has 0 saturated carbocycles. The van der Waals surface area contributed by atoms with Crippen LogP contribution in [0.3, 0.4) is 0 Å². The van der Waals surface area contributed by atoms with Crippen LogP contribution in [-0.4, -0.2) is 16.0 Å². The lowest BCUT2D eigenvalue weighted by molar-refractivity contribution is -0.120. The number of amides is 1. The number of furan rings is 1. The summed E-state index contributed by atoms with van der Waals surface area (Å²) in [5.41, 5.74) is 1.91. The maximum absolute atomic E-state index is 11.8. The predicted molar refractivity (Wildman–Crippen MR) is 78.7 cm³/mol. The van der Waals surface area contributed by atoms with Gasteiger partial charge in [-0.3, -0.25) is 4.79 Å². The van der Waals surface area contributed by atoms with Crippen molar-refractivity contribution in [3.05, 3.63) is 59.8 Å². The molecule has 0 aliphatic rings. The molecule has 2 heterocycles. The molecule has 0 spiro atoms. The zero-order chi connectivity index (χ0) is 15.4. The van der Waals surface area contributed by atoms with Crippen LogP contribution in [-0.2, 0) is 17.8 Å². The van der Waals surface area contributed by atoms with Gasteiger partial charge in [0, 0.05) is 5.56 Å². The number of carbonyl (C=O) groups excluding carboxylic acids is 1. The molecule has 6 nitrogen and oxygen atoms in total. The highest BCUT2D eigenvalue weighted by atomic mass is 16.5. The SMILES string of the molecule is Cc1ccccc1-c1nc(CC(=O)NCc2ccco2)no1. The topological polar surface area (TPSA) is 81.2 Å². The van der Waals surface area contributed by atoms with Crippen molar-refractivity contribution < 1.29 is 13.7 Å². The minimum atomic E-state index is -0.187. The maximum atomic E-state index is 11.8. The molecule has 0 aliphatic carbocycles. The number of hydrogen-bond acceptors (Lipinski definition) is 5. The zero-order valence-corrected chi connectivity index (χ0v) is 12.1. The fourth-order valence-electron chi connectivity index (χ4n) is 2.05. The van der Waals surface area contributed by atoms with Gasteiger partial charge < -0.3 is 14.3 Å². The van der Waals surface area contributed by atoms with Gasteiger partial charge in [0.2, 0.25) is 5.91 Å². The molecular formula is C16H15N3O3. The first-order valence-electron chi connectivity index (χ1n) is 6.90. The first-order valence-corrected chi connectivity index (χ1v) is 6.90. The number of hydrogen-bond donors (Lipinski definition) is 1. The Hall–Kier alpha value is -2.89. The van der Waals surface area contributed by atoms with E-state index in [1.165, 1.54) is 0 Å². The number of benzene rings is 1. The summed E-state index contributed by atoms with van der Waals surface area (Å²) in [6.07, 6.45) is 1.63. The quantitative estimate of drug-likeness (QED) is 0.782. The summed E-state index contributed by atoms with van der Waals surface area (Å²) >= 11 is 0. The second kappa shape index (κ2) is 6.26. The van der Waals surface area contributed by atoms with Gasteiger partial charge in [0.1, 0.15) is 5.76 Å². The third-order valence-corrected chi connectivity index (χ3v) is 3.20. The van der Waals surface area contributed by atoms with Crippen LogP contribution in [0, 0.1) is 6.92 Å². The predicted octanol–water partition coefficient (Wildman–Crippen LogP) is 2.50. The molecule has 22 heavy (non-hydrogen) atoms. The smallest absolute Gasteiger partial charge is 0.258 e. The lowest BCUT2D eigenvalue weighted by Crippen LogP contribution is -2.24. The summed E-state index contributed by atoms with van der Waals surface area (Å²) in [6.45, 7) is 2.31. The van der Waals surface area contributed by atoms with Crippen LogP contribution in [0.2, 0.25) is 0 Å². The van der Waals surface area contributed by atoms with Gasteiger partial charge in [-0.25, -0.2) is 0 Å². The maximum Gasteiger partial charge on any atom is 0.258 e. The van der Waals surface area contributed by atoms with Crippen LogP contribution < -0.4 is 5.32 Å². The van der Waals surface area contributed by atoms with E-state index in [0.717, 1.165) is 11.1 Å². The molecule has 0 bridgehead atoms. The minimum absolute atomic E-state index is 0.0656. The van der Waals surface area contributed by atoms with Crippen molar-refractivity contribution in [2.45, 2.75) is 19.9 Å². The van der Waals surface area contributed by atoms with Crippen molar-refractivity contribution >= 4 is 5.91 Å². The Morgan fingerprint density at radius 3 is 2.86 bits per heavy atom. The lowest BCUT2D eigenvalue weighted by atomic mass is 10.1. The van der Waals surface area contributed by atoms with Crippen LogP contribution in [0.4, 0.5) is 0 Å². The molecule has 0 fully saturated rings. The molecule has 0 aliphatic heterocycles. The highest BCUT2D eigenvalue weighted by Crippen LogP contribution is 2.20. The standard InChI is InChI=1S/C16H15N3O3/c1-11-5-2-3-7-13(11)16-18-14(19-22-16)9-15(20)17-10-12-6-4-8-21-12/h2-8H,9-10H2,1H3,(H,17,20). The van der Waals surface area contributed by atoms with Crippen molar-refractivity contribution in [2.24, 2.45) is 0 Å². The van der Waals surface area contributed by atoms with E-state index in [0.29, 0.717) is 24.0 Å². The molecule has 2 aromatic heterocycles. The summed E-state index contributed by atoms with van der Waals surface area (Å²) in [5, 5.41) is 6.59. The van der Waals surface area contributed by atoms with Gasteiger partial charge in [0.15, 0.2) is 5.82 Å². The number of nitrogens with zero attached hydrogens (tertiary/aromatic N) is 2. The van der Waals surface area contributed by atoms with Gasteiger partial charge in [0.25, 0.3) is 5.89 Å². The number of rotatable bonds is 5. The van der Waals surface area contributed by atoms with Crippen molar-refractivity contribution in [3.8, 4) is 11.5 Å². The van der Waals surface area contributed by atoms with E-state index >= 15 is 0 Å². The molecule has 0 saturated heterocycles. The van der Waals surface area contributed by atoms with E-state index in [4.69, 9.17) is 8.94 Å². The van der Waals surface area contributed by atoms with Crippen LogP contribution in [0.5, 0.6) is 0 Å². The van der Waals surface area contributed by atoms with Crippen molar-refractivity contribution in [1.29, 1.82) is 0 Å². The van der Waals surface area contributed by atoms with Gasteiger partial charge in [-0.1, -0.05) is 23.4 Å². The Morgan fingerprint density at radius 2 is 2.09 bits per heavy atom. The molecule has 0 unspecified atom stereocenters. The van der Waals surface area contributed by atoms with Gasteiger partial charge in [-0.2, -0.15) is 4.98 Å². The first kappa shape index (κ1) is 14.1. The Bertz CT molecular complexity index is 763. The average molecular weight is 297 g/mol. The van der Waals surface area contributed by atoms with Crippen LogP contribution in [0.1, 0.15) is 17.1 Å². The highest BCUT2D eigenvalue weighted by molar-refractivity contribution is 5.77. The summed E-state index contributed by atoms with van der Waals surface area (Å²) in [6, 6.07) is 11.3. The van der Waals surface area contributed by atoms with Gasteiger partial charge in [0.05, 0.1) is 19.2 Å². The van der Waals surface area contributed by atoms with E-state index in [1.54, 1.807) is 18.4 Å². The third kappa shape index (κ3) is 3.22. The Balaban J connectivity index is 1.62. The molecule has 0 radical (unpaired) electrons. The van der Waals surface area contributed by atoms with E-state index in [2.05, 4.69) is 15.5 Å². The number of aryl methyl sites for hydroxylation is 1. The summed E-state index contributed by atoms with van der Waals surface area (Å²) in [5.74, 6) is 1.29. The van der Waals surface area contributed by atoms with Crippen LogP contribution in [0.25, 0.3) is 11.5 Å². The fraction of sp³-hybridized carbons (Fsp3) is 0.188. The second-order valence-corrected chi connectivity index (χ2v) is 4.86. The van der Waals surface area contributed by atoms with Crippen LogP contribution >= 0.6 is 0 Å². The summed E-state index contributed by atoms with van der Waals surface area (Å²) < 4.78 is 10.4. The Kier molecular flexibility index (Phi) is 4.00. The summed E-state index contributed by atoms with van der Waals surface area (Å²) in [4.78, 5) is 16.1. The normalized spacial score (nSPS) is 10.6. The van der Waals surface area contributed by atoms with Crippen LogP contribution in [0.15, 0.2) is 51.6 Å². The molecule has 1 N–H and O–H groups in total. The van der Waals surface area contributed by atoms with E-state index in [1.807, 2.05) is 31.2 Å². The average Bonchev–Trinajstić information content (AvgIpc) is 3.17. The highest BCUT2D eigenvalue weighted by Gasteiger charge is 2.13. The molecule has 1 amide bonds. The molecule has 3 aromatic rings. The molecule has 6 heteroatoms. The Labute approximate surface area is 127 Å². The molecular weight excluding hydrogens is 282 g/mol. The second-order valence-electron chi connectivity index (χ2n) is 4.86. The fourth-order valence-corrected chi connectivity index (χ4v) is 2.05. The number of nitrogens with one attached hydrogen (secondary N) is 1. The van der Waals surface area contributed by atoms with Crippen molar-refractivity contribution in [2.75, 3.05) is 0 Å². The van der Waals surface area contributed by atoms with E-state index in [-0.39, 0.29) is 12.3 Å². The molecule has 1 aromatic carbocycles.